The van der Waals surface area contributed by atoms with Gasteiger partial charge in [-0.15, -0.1) is 0 Å². The molecule has 20 heavy (non-hydrogen) atoms. The number of likely N-dealkylation sites (tertiary alicyclic amines) is 1. The maximum absolute atomic E-state index is 12.7. The molecule has 0 aromatic heterocycles. The van der Waals surface area contributed by atoms with E-state index in [4.69, 9.17) is 0 Å². The third-order valence-corrected chi connectivity index (χ3v) is 5.06. The summed E-state index contributed by atoms with van der Waals surface area (Å²) in [6, 6.07) is 5.32. The van der Waals surface area contributed by atoms with E-state index in [-0.39, 0.29) is 5.91 Å². The molecule has 1 amide bonds. The van der Waals surface area contributed by atoms with Crippen molar-refractivity contribution >= 4 is 43.7 Å². The van der Waals surface area contributed by atoms with Crippen molar-refractivity contribution < 1.29 is 14.7 Å². The number of amides is 1. The predicted molar refractivity (Wildman–Crippen MR) is 82.8 cm³/mol. The molecule has 0 bridgehead atoms. The molecule has 108 valence electrons. The van der Waals surface area contributed by atoms with Crippen LogP contribution in [0.1, 0.15) is 36.5 Å². The zero-order chi connectivity index (χ0) is 14.9. The van der Waals surface area contributed by atoms with E-state index in [0.29, 0.717) is 29.4 Å². The highest BCUT2D eigenvalue weighted by Crippen LogP contribution is 2.35. The van der Waals surface area contributed by atoms with Crippen LogP contribution >= 0.6 is 31.9 Å². The number of rotatable bonds is 3. The zero-order valence-electron chi connectivity index (χ0n) is 11.0. The Labute approximate surface area is 134 Å². The van der Waals surface area contributed by atoms with Gasteiger partial charge in [0.05, 0.1) is 5.56 Å². The van der Waals surface area contributed by atoms with Crippen LogP contribution in [0.25, 0.3) is 0 Å². The van der Waals surface area contributed by atoms with Crippen LogP contribution in [0.2, 0.25) is 0 Å². The number of carboxylic acid groups (broad SMARTS) is 1. The van der Waals surface area contributed by atoms with Crippen LogP contribution in [-0.2, 0) is 4.79 Å². The molecule has 1 aromatic carbocycles. The van der Waals surface area contributed by atoms with Gasteiger partial charge < -0.3 is 10.0 Å². The average molecular weight is 405 g/mol. The molecule has 1 aliphatic rings. The molecule has 1 N–H and O–H groups in total. The summed E-state index contributed by atoms with van der Waals surface area (Å²) >= 11 is 6.70. The van der Waals surface area contributed by atoms with E-state index in [0.717, 1.165) is 10.9 Å². The van der Waals surface area contributed by atoms with Gasteiger partial charge in [0.25, 0.3) is 5.91 Å². The number of carboxylic acids is 1. The van der Waals surface area contributed by atoms with Gasteiger partial charge in [0.1, 0.15) is 5.54 Å². The normalized spacial score (nSPS) is 22.1. The fraction of sp³-hybridized carbons (Fsp3) is 0.429. The van der Waals surface area contributed by atoms with Crippen molar-refractivity contribution in [2.24, 2.45) is 0 Å². The summed E-state index contributed by atoms with van der Waals surface area (Å²) < 4.78 is 1.47. The lowest BCUT2D eigenvalue weighted by molar-refractivity contribution is -0.148. The summed E-state index contributed by atoms with van der Waals surface area (Å²) in [5.41, 5.74) is -0.584. The molecule has 1 atom stereocenters. The molecule has 0 radical (unpaired) electrons. The number of carbonyl (C=O) groups is 2. The molecule has 1 aliphatic heterocycles. The second-order valence-corrected chi connectivity index (χ2v) is 6.64. The summed E-state index contributed by atoms with van der Waals surface area (Å²) in [4.78, 5) is 25.9. The van der Waals surface area contributed by atoms with Crippen molar-refractivity contribution in [1.82, 2.24) is 4.90 Å². The molecular weight excluding hydrogens is 390 g/mol. The van der Waals surface area contributed by atoms with E-state index in [1.165, 1.54) is 4.90 Å². The number of aliphatic carboxylic acids is 1. The highest BCUT2D eigenvalue weighted by Gasteiger charge is 2.48. The number of hydrogen-bond donors (Lipinski definition) is 1. The lowest BCUT2D eigenvalue weighted by atomic mass is 9.92. The topological polar surface area (TPSA) is 57.6 Å². The van der Waals surface area contributed by atoms with E-state index in [2.05, 4.69) is 31.9 Å². The first-order chi connectivity index (χ1) is 9.42. The van der Waals surface area contributed by atoms with Crippen LogP contribution in [0, 0.1) is 0 Å². The maximum Gasteiger partial charge on any atom is 0.329 e. The Balaban J connectivity index is 2.42. The number of nitrogens with zero attached hydrogens (tertiary/aromatic N) is 1. The second-order valence-electron chi connectivity index (χ2n) is 4.87. The molecule has 0 saturated carbocycles. The first kappa shape index (κ1) is 15.5. The smallest absolute Gasteiger partial charge is 0.329 e. The van der Waals surface area contributed by atoms with Gasteiger partial charge in [-0.25, -0.2) is 4.79 Å². The molecular formula is C14H15Br2NO3. The second kappa shape index (κ2) is 5.85. The summed E-state index contributed by atoms with van der Waals surface area (Å²) in [6.07, 6.45) is 1.65. The Morgan fingerprint density at radius 2 is 2.10 bits per heavy atom. The lowest BCUT2D eigenvalue weighted by Crippen LogP contribution is -2.52. The summed E-state index contributed by atoms with van der Waals surface area (Å²) in [5.74, 6) is -1.16. The van der Waals surface area contributed by atoms with Crippen molar-refractivity contribution in [2.45, 2.75) is 31.7 Å². The molecule has 1 saturated heterocycles. The Morgan fingerprint density at radius 3 is 2.70 bits per heavy atom. The van der Waals surface area contributed by atoms with Crippen molar-refractivity contribution in [3.63, 3.8) is 0 Å². The zero-order valence-corrected chi connectivity index (χ0v) is 14.2. The van der Waals surface area contributed by atoms with Gasteiger partial charge in [0, 0.05) is 15.5 Å². The van der Waals surface area contributed by atoms with Crippen molar-refractivity contribution in [3.05, 3.63) is 32.7 Å². The Bertz CT molecular complexity index is 561. The van der Waals surface area contributed by atoms with Gasteiger partial charge in [-0.1, -0.05) is 22.9 Å². The van der Waals surface area contributed by atoms with Gasteiger partial charge in [-0.2, -0.15) is 0 Å². The third kappa shape index (κ3) is 2.51. The Morgan fingerprint density at radius 1 is 1.40 bits per heavy atom. The number of carbonyl (C=O) groups excluding carboxylic acids is 1. The van der Waals surface area contributed by atoms with Crippen LogP contribution in [0.4, 0.5) is 0 Å². The standard InChI is InChI=1S/C14H15Br2NO3/c1-2-14(13(19)20)6-3-7-17(14)12(18)10-8-9(15)4-5-11(10)16/h4-5,8H,2-3,6-7H2,1H3,(H,19,20). The van der Waals surface area contributed by atoms with Crippen LogP contribution in [0.15, 0.2) is 27.1 Å². The molecule has 1 unspecified atom stereocenters. The van der Waals surface area contributed by atoms with Crippen LogP contribution in [0.3, 0.4) is 0 Å². The number of halogens is 2. The first-order valence-electron chi connectivity index (χ1n) is 6.43. The summed E-state index contributed by atoms with van der Waals surface area (Å²) in [7, 11) is 0. The molecule has 0 spiro atoms. The van der Waals surface area contributed by atoms with Crippen LogP contribution in [0.5, 0.6) is 0 Å². The predicted octanol–water partition coefficient (Wildman–Crippen LogP) is 3.68. The Hall–Kier alpha value is -0.880. The molecule has 4 nitrogen and oxygen atoms in total. The van der Waals surface area contributed by atoms with Gasteiger partial charge in [-0.05, 0) is 53.4 Å². The molecule has 2 rings (SSSR count). The van der Waals surface area contributed by atoms with Gasteiger partial charge in [0.2, 0.25) is 0 Å². The van der Waals surface area contributed by atoms with E-state index in [9.17, 15) is 14.7 Å². The van der Waals surface area contributed by atoms with Crippen molar-refractivity contribution in [1.29, 1.82) is 0 Å². The molecule has 1 aromatic rings. The van der Waals surface area contributed by atoms with Crippen LogP contribution < -0.4 is 0 Å². The largest absolute Gasteiger partial charge is 0.479 e. The third-order valence-electron chi connectivity index (χ3n) is 3.88. The molecule has 0 aliphatic carbocycles. The minimum absolute atomic E-state index is 0.236. The molecule has 6 heteroatoms. The van der Waals surface area contributed by atoms with Crippen LogP contribution in [-0.4, -0.2) is 34.0 Å². The van der Waals surface area contributed by atoms with E-state index in [1.807, 2.05) is 13.0 Å². The quantitative estimate of drug-likeness (QED) is 0.835. The van der Waals surface area contributed by atoms with Crippen molar-refractivity contribution in [3.8, 4) is 0 Å². The number of benzene rings is 1. The summed E-state index contributed by atoms with van der Waals surface area (Å²) in [6.45, 7) is 2.30. The number of hydrogen-bond acceptors (Lipinski definition) is 2. The molecule has 1 heterocycles. The highest BCUT2D eigenvalue weighted by molar-refractivity contribution is 9.11. The Kier molecular flexibility index (Phi) is 4.54. The SMILES string of the molecule is CCC1(C(=O)O)CCCN1C(=O)c1cc(Br)ccc1Br. The monoisotopic (exact) mass is 403 g/mol. The average Bonchev–Trinajstić information content (AvgIpc) is 2.85. The van der Waals surface area contributed by atoms with Gasteiger partial charge in [-0.3, -0.25) is 4.79 Å². The minimum Gasteiger partial charge on any atom is -0.479 e. The minimum atomic E-state index is -1.07. The maximum atomic E-state index is 12.7. The van der Waals surface area contributed by atoms with Gasteiger partial charge in [0.15, 0.2) is 0 Å². The van der Waals surface area contributed by atoms with Crippen molar-refractivity contribution in [2.75, 3.05) is 6.54 Å². The first-order valence-corrected chi connectivity index (χ1v) is 8.01. The van der Waals surface area contributed by atoms with Gasteiger partial charge >= 0.3 is 5.97 Å². The fourth-order valence-electron chi connectivity index (χ4n) is 2.72. The fourth-order valence-corrected chi connectivity index (χ4v) is 3.50. The van der Waals surface area contributed by atoms with E-state index in [1.54, 1.807) is 12.1 Å². The van der Waals surface area contributed by atoms with E-state index >= 15 is 0 Å². The van der Waals surface area contributed by atoms with E-state index < -0.39 is 11.5 Å². The summed E-state index contributed by atoms with van der Waals surface area (Å²) in [5, 5.41) is 9.54. The molecule has 1 fully saturated rings. The highest BCUT2D eigenvalue weighted by atomic mass is 79.9. The lowest BCUT2D eigenvalue weighted by Gasteiger charge is -2.34.